The van der Waals surface area contributed by atoms with E-state index < -0.39 is 5.69 Å². The van der Waals surface area contributed by atoms with Crippen molar-refractivity contribution < 1.29 is 0 Å². The molecule has 1 fully saturated rings. The molecular weight excluding hydrogens is 412 g/mol. The molecule has 7 heteroatoms. The van der Waals surface area contributed by atoms with Crippen molar-refractivity contribution in [3.8, 4) is 11.1 Å². The lowest BCUT2D eigenvalue weighted by Crippen LogP contribution is -2.43. The highest BCUT2D eigenvalue weighted by atomic mass is 16.1. The molecule has 0 saturated carbocycles. The standard InChI is InChI=1S/C26H26N6O/c1-18(32-15-13-31(2)14-16-32)19-8-10-20(11-9-19)21-5-3-6-22(17-21)28-25-23-7-4-12-27-24(23)29-26(33)30-25/h3-12,17H,1,13-16H2,2H3,(H2,27,28,29,30,33). The number of nitrogens with one attached hydrogen (secondary N) is 2. The number of pyridine rings is 1. The third-order valence-electron chi connectivity index (χ3n) is 6.06. The van der Waals surface area contributed by atoms with Gasteiger partial charge in [0.05, 0.1) is 5.39 Å². The van der Waals surface area contributed by atoms with Gasteiger partial charge in [0.25, 0.3) is 0 Å². The summed E-state index contributed by atoms with van der Waals surface area (Å²) in [6, 6.07) is 20.3. The minimum Gasteiger partial charge on any atom is -0.369 e. The van der Waals surface area contributed by atoms with Gasteiger partial charge in [0.1, 0.15) is 5.82 Å². The molecule has 0 radical (unpaired) electrons. The summed E-state index contributed by atoms with van der Waals surface area (Å²) < 4.78 is 0. The van der Waals surface area contributed by atoms with Crippen molar-refractivity contribution in [3.63, 3.8) is 0 Å². The van der Waals surface area contributed by atoms with E-state index in [9.17, 15) is 4.79 Å². The first kappa shape index (κ1) is 20.9. The van der Waals surface area contributed by atoms with Crippen LogP contribution in [-0.4, -0.2) is 58.0 Å². The predicted molar refractivity (Wildman–Crippen MR) is 133 cm³/mol. The number of piperazine rings is 1. The van der Waals surface area contributed by atoms with Gasteiger partial charge in [0.2, 0.25) is 0 Å². The van der Waals surface area contributed by atoms with Gasteiger partial charge in [-0.15, -0.1) is 0 Å². The molecule has 7 nitrogen and oxygen atoms in total. The van der Waals surface area contributed by atoms with Crippen LogP contribution in [-0.2, 0) is 0 Å². The van der Waals surface area contributed by atoms with E-state index in [0.29, 0.717) is 11.5 Å². The third kappa shape index (κ3) is 4.49. The Morgan fingerprint density at radius 1 is 1.00 bits per heavy atom. The fraction of sp³-hybridized carbons (Fsp3) is 0.192. The molecule has 1 aliphatic rings. The monoisotopic (exact) mass is 438 g/mol. The Balaban J connectivity index is 1.37. The molecule has 0 unspecified atom stereocenters. The molecule has 2 aromatic carbocycles. The van der Waals surface area contributed by atoms with E-state index in [1.165, 1.54) is 0 Å². The summed E-state index contributed by atoms with van der Waals surface area (Å²) in [5, 5.41) is 4.07. The molecule has 0 aliphatic carbocycles. The maximum atomic E-state index is 11.9. The van der Waals surface area contributed by atoms with E-state index in [0.717, 1.165) is 59.6 Å². The summed E-state index contributed by atoms with van der Waals surface area (Å²) in [6.07, 6.45) is 1.63. The van der Waals surface area contributed by atoms with E-state index in [1.807, 2.05) is 24.3 Å². The molecule has 2 N–H and O–H groups in total. The Morgan fingerprint density at radius 2 is 1.79 bits per heavy atom. The van der Waals surface area contributed by atoms with Gasteiger partial charge in [0.15, 0.2) is 5.65 Å². The minimum atomic E-state index is -0.434. The second-order valence-corrected chi connectivity index (χ2v) is 8.31. The number of H-pyrrole nitrogens is 1. The highest BCUT2D eigenvalue weighted by Crippen LogP contribution is 2.28. The number of rotatable bonds is 5. The zero-order valence-corrected chi connectivity index (χ0v) is 18.6. The number of aromatic amines is 1. The Hall–Kier alpha value is -3.97. The lowest BCUT2D eigenvalue weighted by molar-refractivity contribution is 0.207. The van der Waals surface area contributed by atoms with Gasteiger partial charge in [0, 0.05) is 43.8 Å². The first-order chi connectivity index (χ1) is 16.1. The number of nitrogens with zero attached hydrogens (tertiary/aromatic N) is 4. The second kappa shape index (κ2) is 8.88. The zero-order chi connectivity index (χ0) is 22.8. The molecule has 0 atom stereocenters. The maximum Gasteiger partial charge on any atom is 0.348 e. The Kier molecular flexibility index (Phi) is 5.62. The molecule has 2 aromatic heterocycles. The van der Waals surface area contributed by atoms with Crippen molar-refractivity contribution >= 4 is 28.2 Å². The maximum absolute atomic E-state index is 11.9. The average Bonchev–Trinajstić information content (AvgIpc) is 2.84. The molecule has 4 aromatic rings. The van der Waals surface area contributed by atoms with Crippen LogP contribution in [0.5, 0.6) is 0 Å². The lowest BCUT2D eigenvalue weighted by atomic mass is 10.0. The molecule has 1 aliphatic heterocycles. The Labute approximate surface area is 192 Å². The van der Waals surface area contributed by atoms with Crippen LogP contribution in [0.3, 0.4) is 0 Å². The topological polar surface area (TPSA) is 77.1 Å². The van der Waals surface area contributed by atoms with Crippen molar-refractivity contribution in [1.29, 1.82) is 0 Å². The average molecular weight is 439 g/mol. The SMILES string of the molecule is C=C(c1ccc(-c2cccc(Nc3[nH]c(=O)nc4ncccc34)c2)cc1)N1CCN(C)CC1. The highest BCUT2D eigenvalue weighted by molar-refractivity contribution is 5.88. The van der Waals surface area contributed by atoms with E-state index in [1.54, 1.807) is 6.20 Å². The van der Waals surface area contributed by atoms with Crippen LogP contribution in [0.2, 0.25) is 0 Å². The van der Waals surface area contributed by atoms with Crippen LogP contribution in [0.4, 0.5) is 11.5 Å². The minimum absolute atomic E-state index is 0.413. The van der Waals surface area contributed by atoms with Crippen molar-refractivity contribution in [2.75, 3.05) is 38.5 Å². The molecular formula is C26H26N6O. The lowest BCUT2D eigenvalue weighted by Gasteiger charge is -2.35. The van der Waals surface area contributed by atoms with Gasteiger partial charge in [-0.05, 0) is 48.0 Å². The van der Waals surface area contributed by atoms with Crippen molar-refractivity contribution in [2.45, 2.75) is 0 Å². The van der Waals surface area contributed by atoms with Crippen LogP contribution in [0.1, 0.15) is 5.56 Å². The smallest absolute Gasteiger partial charge is 0.348 e. The summed E-state index contributed by atoms with van der Waals surface area (Å²) in [5.41, 5.74) is 5.26. The predicted octanol–water partition coefficient (Wildman–Crippen LogP) is 3.95. The largest absolute Gasteiger partial charge is 0.369 e. The Morgan fingerprint density at radius 3 is 2.58 bits per heavy atom. The summed E-state index contributed by atoms with van der Waals surface area (Å²) in [6.45, 7) is 8.46. The number of anilines is 2. The molecule has 33 heavy (non-hydrogen) atoms. The van der Waals surface area contributed by atoms with E-state index in [-0.39, 0.29) is 0 Å². The molecule has 0 spiro atoms. The normalized spacial score (nSPS) is 14.4. The highest BCUT2D eigenvalue weighted by Gasteiger charge is 2.16. The van der Waals surface area contributed by atoms with E-state index in [2.05, 4.69) is 80.1 Å². The van der Waals surface area contributed by atoms with Gasteiger partial charge in [-0.2, -0.15) is 4.98 Å². The number of hydrogen-bond donors (Lipinski definition) is 2. The molecule has 3 heterocycles. The van der Waals surface area contributed by atoms with E-state index >= 15 is 0 Å². The van der Waals surface area contributed by atoms with Crippen LogP contribution in [0, 0.1) is 0 Å². The number of hydrogen-bond acceptors (Lipinski definition) is 6. The molecule has 0 amide bonds. The number of benzene rings is 2. The quantitative estimate of drug-likeness (QED) is 0.491. The van der Waals surface area contributed by atoms with Crippen molar-refractivity contribution in [1.82, 2.24) is 24.8 Å². The van der Waals surface area contributed by atoms with Gasteiger partial charge >= 0.3 is 5.69 Å². The van der Waals surface area contributed by atoms with Crippen LogP contribution >= 0.6 is 0 Å². The molecule has 5 rings (SSSR count). The fourth-order valence-electron chi connectivity index (χ4n) is 4.11. The van der Waals surface area contributed by atoms with Crippen LogP contribution in [0.15, 0.2) is 78.2 Å². The summed E-state index contributed by atoms with van der Waals surface area (Å²) in [5.74, 6) is 0.578. The first-order valence-corrected chi connectivity index (χ1v) is 11.0. The van der Waals surface area contributed by atoms with Gasteiger partial charge in [-0.1, -0.05) is 43.0 Å². The number of likely N-dealkylation sites (N-methyl/N-ethyl adjacent to an activating group) is 1. The van der Waals surface area contributed by atoms with Gasteiger partial charge < -0.3 is 15.1 Å². The number of fused-ring (bicyclic) bond motifs is 1. The van der Waals surface area contributed by atoms with Crippen molar-refractivity contribution in [3.05, 3.63) is 89.5 Å². The second-order valence-electron chi connectivity index (χ2n) is 8.31. The summed E-state index contributed by atoms with van der Waals surface area (Å²) in [4.78, 5) is 27.5. The van der Waals surface area contributed by atoms with Crippen molar-refractivity contribution in [2.24, 2.45) is 0 Å². The number of aromatic nitrogens is 3. The van der Waals surface area contributed by atoms with Crippen LogP contribution < -0.4 is 11.0 Å². The molecule has 0 bridgehead atoms. The molecule has 1 saturated heterocycles. The summed E-state index contributed by atoms with van der Waals surface area (Å²) in [7, 11) is 2.16. The zero-order valence-electron chi connectivity index (χ0n) is 18.6. The fourth-order valence-corrected chi connectivity index (χ4v) is 4.11. The van der Waals surface area contributed by atoms with Crippen LogP contribution in [0.25, 0.3) is 27.9 Å². The third-order valence-corrected chi connectivity index (χ3v) is 6.06. The molecule has 166 valence electrons. The summed E-state index contributed by atoms with van der Waals surface area (Å²) >= 11 is 0. The first-order valence-electron chi connectivity index (χ1n) is 11.0. The van der Waals surface area contributed by atoms with E-state index in [4.69, 9.17) is 0 Å². The van der Waals surface area contributed by atoms with Gasteiger partial charge in [-0.3, -0.25) is 4.98 Å². The Bertz CT molecular complexity index is 1350. The van der Waals surface area contributed by atoms with Gasteiger partial charge in [-0.25, -0.2) is 9.78 Å².